The molecule has 1 N–H and O–H groups in total. The van der Waals surface area contributed by atoms with Gasteiger partial charge in [-0.2, -0.15) is 11.8 Å². The van der Waals surface area contributed by atoms with Crippen LogP contribution in [0.4, 0.5) is 0 Å². The number of rotatable bonds is 5. The SMILES string of the molecule is CCSCCNC1CC2CCC1O2. The van der Waals surface area contributed by atoms with E-state index < -0.39 is 0 Å². The van der Waals surface area contributed by atoms with Crippen molar-refractivity contribution < 1.29 is 4.74 Å². The van der Waals surface area contributed by atoms with Crippen LogP contribution in [0.5, 0.6) is 0 Å². The normalized spacial score (nSPS) is 37.2. The fraction of sp³-hybridized carbons (Fsp3) is 1.00. The zero-order chi connectivity index (χ0) is 9.10. The highest BCUT2D eigenvalue weighted by Crippen LogP contribution is 2.34. The molecule has 0 aromatic rings. The summed E-state index contributed by atoms with van der Waals surface area (Å²) in [6.45, 7) is 3.36. The third-order valence-electron chi connectivity index (χ3n) is 2.96. The van der Waals surface area contributed by atoms with Gasteiger partial charge in [-0.1, -0.05) is 6.92 Å². The van der Waals surface area contributed by atoms with Crippen molar-refractivity contribution in [2.75, 3.05) is 18.1 Å². The lowest BCUT2D eigenvalue weighted by Gasteiger charge is -2.19. The summed E-state index contributed by atoms with van der Waals surface area (Å²) >= 11 is 2.01. The molecule has 2 fully saturated rings. The van der Waals surface area contributed by atoms with E-state index in [0.29, 0.717) is 18.2 Å². The van der Waals surface area contributed by atoms with Crippen molar-refractivity contribution in [2.24, 2.45) is 0 Å². The average Bonchev–Trinajstić information content (AvgIpc) is 2.73. The molecule has 2 aliphatic rings. The lowest BCUT2D eigenvalue weighted by atomic mass is 9.96. The van der Waals surface area contributed by atoms with Crippen molar-refractivity contribution in [3.63, 3.8) is 0 Å². The van der Waals surface area contributed by atoms with Gasteiger partial charge in [-0.05, 0) is 25.0 Å². The summed E-state index contributed by atoms with van der Waals surface area (Å²) in [5, 5.41) is 3.60. The molecule has 0 aromatic heterocycles. The molecular formula is C10H19NOS. The van der Waals surface area contributed by atoms with Gasteiger partial charge < -0.3 is 10.1 Å². The van der Waals surface area contributed by atoms with Crippen LogP contribution in [0.1, 0.15) is 26.2 Å². The van der Waals surface area contributed by atoms with Gasteiger partial charge in [0.1, 0.15) is 0 Å². The number of ether oxygens (including phenoxy) is 1. The predicted molar refractivity (Wildman–Crippen MR) is 57.3 cm³/mol. The Kier molecular flexibility index (Phi) is 3.52. The number of hydrogen-bond donors (Lipinski definition) is 1. The number of hydrogen-bond acceptors (Lipinski definition) is 3. The van der Waals surface area contributed by atoms with Crippen molar-refractivity contribution in [3.8, 4) is 0 Å². The van der Waals surface area contributed by atoms with E-state index in [1.807, 2.05) is 11.8 Å². The van der Waals surface area contributed by atoms with E-state index >= 15 is 0 Å². The van der Waals surface area contributed by atoms with Crippen LogP contribution in [-0.4, -0.2) is 36.3 Å². The second-order valence-corrected chi connectivity index (χ2v) is 5.26. The van der Waals surface area contributed by atoms with E-state index in [4.69, 9.17) is 4.74 Å². The molecule has 0 aliphatic carbocycles. The Morgan fingerprint density at radius 2 is 2.38 bits per heavy atom. The minimum atomic E-state index is 0.539. The molecule has 76 valence electrons. The summed E-state index contributed by atoms with van der Waals surface area (Å²) in [4.78, 5) is 0. The topological polar surface area (TPSA) is 21.3 Å². The minimum absolute atomic E-state index is 0.539. The molecule has 3 atom stereocenters. The van der Waals surface area contributed by atoms with Gasteiger partial charge in [-0.25, -0.2) is 0 Å². The Morgan fingerprint density at radius 3 is 3.00 bits per heavy atom. The van der Waals surface area contributed by atoms with Crippen molar-refractivity contribution in [1.82, 2.24) is 5.32 Å². The molecule has 13 heavy (non-hydrogen) atoms. The van der Waals surface area contributed by atoms with Crippen LogP contribution in [0.2, 0.25) is 0 Å². The molecule has 2 heterocycles. The van der Waals surface area contributed by atoms with Gasteiger partial charge in [0.05, 0.1) is 12.2 Å². The molecular weight excluding hydrogens is 182 g/mol. The number of thioether (sulfide) groups is 1. The summed E-state index contributed by atoms with van der Waals surface area (Å²) in [5.41, 5.74) is 0. The predicted octanol–water partition coefficient (Wildman–Crippen LogP) is 1.65. The van der Waals surface area contributed by atoms with Gasteiger partial charge in [-0.3, -0.25) is 0 Å². The molecule has 2 aliphatic heterocycles. The summed E-state index contributed by atoms with van der Waals surface area (Å²) in [5.74, 6) is 2.47. The van der Waals surface area contributed by atoms with E-state index in [0.717, 1.165) is 6.54 Å². The zero-order valence-electron chi connectivity index (χ0n) is 8.29. The standard InChI is InChI=1S/C10H19NOS/c1-2-13-6-5-11-9-7-8-3-4-10(9)12-8/h8-11H,2-7H2,1H3. The molecule has 3 heteroatoms. The van der Waals surface area contributed by atoms with Crippen molar-refractivity contribution in [3.05, 3.63) is 0 Å². The Balaban J connectivity index is 1.60. The molecule has 2 saturated heterocycles. The molecule has 0 amide bonds. The third-order valence-corrected chi connectivity index (χ3v) is 3.86. The molecule has 2 bridgehead atoms. The molecule has 0 saturated carbocycles. The molecule has 2 rings (SSSR count). The molecule has 0 radical (unpaired) electrons. The fourth-order valence-corrected chi connectivity index (χ4v) is 2.86. The highest BCUT2D eigenvalue weighted by molar-refractivity contribution is 7.99. The Morgan fingerprint density at radius 1 is 1.46 bits per heavy atom. The maximum absolute atomic E-state index is 5.77. The largest absolute Gasteiger partial charge is 0.373 e. The smallest absolute Gasteiger partial charge is 0.0733 e. The van der Waals surface area contributed by atoms with Crippen LogP contribution in [0, 0.1) is 0 Å². The van der Waals surface area contributed by atoms with E-state index in [-0.39, 0.29) is 0 Å². The lowest BCUT2D eigenvalue weighted by molar-refractivity contribution is 0.0977. The quantitative estimate of drug-likeness (QED) is 0.683. The first kappa shape index (κ1) is 9.81. The van der Waals surface area contributed by atoms with E-state index in [1.165, 1.54) is 30.8 Å². The Labute approximate surface area is 84.8 Å². The number of fused-ring (bicyclic) bond motifs is 2. The zero-order valence-corrected chi connectivity index (χ0v) is 9.11. The van der Waals surface area contributed by atoms with Crippen LogP contribution in [0.3, 0.4) is 0 Å². The van der Waals surface area contributed by atoms with Crippen molar-refractivity contribution in [2.45, 2.75) is 44.4 Å². The van der Waals surface area contributed by atoms with Gasteiger partial charge >= 0.3 is 0 Å². The third kappa shape index (κ3) is 2.39. The monoisotopic (exact) mass is 201 g/mol. The molecule has 0 spiro atoms. The summed E-state index contributed by atoms with van der Waals surface area (Å²) < 4.78 is 5.77. The van der Waals surface area contributed by atoms with Crippen LogP contribution in [-0.2, 0) is 4.74 Å². The van der Waals surface area contributed by atoms with E-state index in [2.05, 4.69) is 12.2 Å². The second kappa shape index (κ2) is 4.67. The number of nitrogens with one attached hydrogen (secondary N) is 1. The van der Waals surface area contributed by atoms with Gasteiger partial charge in [0.25, 0.3) is 0 Å². The van der Waals surface area contributed by atoms with Crippen molar-refractivity contribution >= 4 is 11.8 Å². The molecule has 3 unspecified atom stereocenters. The Bertz CT molecular complexity index is 165. The van der Waals surface area contributed by atoms with Crippen LogP contribution in [0.25, 0.3) is 0 Å². The first-order chi connectivity index (χ1) is 6.40. The Hall–Kier alpha value is 0.270. The summed E-state index contributed by atoms with van der Waals surface area (Å²) in [6.07, 6.45) is 4.95. The van der Waals surface area contributed by atoms with Gasteiger partial charge in [0, 0.05) is 18.3 Å². The fourth-order valence-electron chi connectivity index (χ4n) is 2.31. The average molecular weight is 201 g/mol. The van der Waals surface area contributed by atoms with Crippen LogP contribution >= 0.6 is 11.8 Å². The van der Waals surface area contributed by atoms with E-state index in [9.17, 15) is 0 Å². The van der Waals surface area contributed by atoms with Crippen LogP contribution in [0.15, 0.2) is 0 Å². The van der Waals surface area contributed by atoms with E-state index in [1.54, 1.807) is 0 Å². The molecule has 0 aromatic carbocycles. The maximum Gasteiger partial charge on any atom is 0.0733 e. The second-order valence-electron chi connectivity index (χ2n) is 3.87. The lowest BCUT2D eigenvalue weighted by Crippen LogP contribution is -2.38. The maximum atomic E-state index is 5.77. The minimum Gasteiger partial charge on any atom is -0.373 e. The summed E-state index contributed by atoms with van der Waals surface area (Å²) in [6, 6.07) is 0.663. The van der Waals surface area contributed by atoms with Crippen molar-refractivity contribution in [1.29, 1.82) is 0 Å². The van der Waals surface area contributed by atoms with Crippen LogP contribution < -0.4 is 5.32 Å². The first-order valence-corrected chi connectivity index (χ1v) is 6.52. The summed E-state index contributed by atoms with van der Waals surface area (Å²) in [7, 11) is 0. The van der Waals surface area contributed by atoms with Gasteiger partial charge in [0.15, 0.2) is 0 Å². The van der Waals surface area contributed by atoms with Gasteiger partial charge in [0.2, 0.25) is 0 Å². The highest BCUT2D eigenvalue weighted by atomic mass is 32.2. The highest BCUT2D eigenvalue weighted by Gasteiger charge is 2.40. The molecule has 2 nitrogen and oxygen atoms in total. The first-order valence-electron chi connectivity index (χ1n) is 5.36. The van der Waals surface area contributed by atoms with Gasteiger partial charge in [-0.15, -0.1) is 0 Å².